The van der Waals surface area contributed by atoms with Crippen LogP contribution in [0.4, 0.5) is 0 Å². The molecule has 22 heavy (non-hydrogen) atoms. The Kier molecular flexibility index (Phi) is 5.52. The summed E-state index contributed by atoms with van der Waals surface area (Å²) in [4.78, 5) is 10.5. The van der Waals surface area contributed by atoms with Gasteiger partial charge in [0.15, 0.2) is 0 Å². The topological polar surface area (TPSA) is 52.6 Å². The van der Waals surface area contributed by atoms with Crippen LogP contribution in [0, 0.1) is 5.92 Å². The second-order valence-electron chi connectivity index (χ2n) is 6.10. The molecule has 7 heteroatoms. The van der Waals surface area contributed by atoms with E-state index in [0.717, 1.165) is 35.5 Å². The first-order chi connectivity index (χ1) is 10.7. The van der Waals surface area contributed by atoms with E-state index in [9.17, 15) is 0 Å². The summed E-state index contributed by atoms with van der Waals surface area (Å²) in [7, 11) is 0. The van der Waals surface area contributed by atoms with E-state index in [1.54, 1.807) is 11.3 Å². The van der Waals surface area contributed by atoms with E-state index in [0.29, 0.717) is 19.1 Å². The van der Waals surface area contributed by atoms with E-state index >= 15 is 0 Å². The molecule has 2 fully saturated rings. The zero-order chi connectivity index (χ0) is 15.6. The standard InChI is InChI=1S/C15H23BrN2O3S/c1-3-4-5-19-7-12-11-6-10(2)20-9-15(11,18-21-12)14-17-13(16)8-22-14/h8,10-12,18H,3-7,9H2,1-2H3/t10-,11?,12+,15-/m0/s1. The first-order valence-corrected chi connectivity index (χ1v) is 9.56. The number of nitrogens with zero attached hydrogens (tertiary/aromatic N) is 1. The van der Waals surface area contributed by atoms with Crippen molar-refractivity contribution < 1.29 is 14.3 Å². The maximum atomic E-state index is 5.92. The number of aromatic nitrogens is 1. The van der Waals surface area contributed by atoms with E-state index in [1.807, 2.05) is 5.38 Å². The summed E-state index contributed by atoms with van der Waals surface area (Å²) in [6.07, 6.45) is 3.48. The molecule has 0 amide bonds. The molecule has 5 nitrogen and oxygen atoms in total. The molecule has 3 rings (SSSR count). The van der Waals surface area contributed by atoms with Gasteiger partial charge in [-0.1, -0.05) is 13.3 Å². The van der Waals surface area contributed by atoms with Crippen LogP contribution in [0.25, 0.3) is 0 Å². The third kappa shape index (κ3) is 3.25. The first-order valence-electron chi connectivity index (χ1n) is 7.89. The molecule has 0 spiro atoms. The molecular formula is C15H23BrN2O3S. The van der Waals surface area contributed by atoms with Crippen LogP contribution in [0.1, 0.15) is 38.1 Å². The SMILES string of the molecule is CCCCOC[C@H]1ON[C@@]2(c3nc(Br)cs3)CO[C@@H](C)CC12. The normalized spacial score (nSPS) is 34.8. The smallest absolute Gasteiger partial charge is 0.123 e. The third-order valence-corrected chi connectivity index (χ3v) is 6.17. The lowest BCUT2D eigenvalue weighted by atomic mass is 9.77. The maximum absolute atomic E-state index is 5.92. The summed E-state index contributed by atoms with van der Waals surface area (Å²) in [5.74, 6) is 0.316. The molecule has 1 aromatic heterocycles. The summed E-state index contributed by atoms with van der Waals surface area (Å²) in [6.45, 7) is 6.30. The summed E-state index contributed by atoms with van der Waals surface area (Å²) < 4.78 is 12.6. The molecule has 2 saturated heterocycles. The molecule has 1 aromatic rings. The zero-order valence-corrected chi connectivity index (χ0v) is 15.4. The van der Waals surface area contributed by atoms with Crippen molar-refractivity contribution in [3.05, 3.63) is 15.0 Å². The zero-order valence-electron chi connectivity index (χ0n) is 13.0. The van der Waals surface area contributed by atoms with Gasteiger partial charge in [0.05, 0.1) is 19.3 Å². The molecule has 2 aliphatic heterocycles. The Balaban J connectivity index is 1.74. The average Bonchev–Trinajstić information content (AvgIpc) is 3.09. The van der Waals surface area contributed by atoms with Gasteiger partial charge < -0.3 is 9.47 Å². The highest BCUT2D eigenvalue weighted by Gasteiger charge is 2.55. The first kappa shape index (κ1) is 16.8. The lowest BCUT2D eigenvalue weighted by Crippen LogP contribution is -2.52. The van der Waals surface area contributed by atoms with Crippen LogP contribution < -0.4 is 5.48 Å². The Labute approximate surface area is 143 Å². The van der Waals surface area contributed by atoms with E-state index in [-0.39, 0.29) is 17.7 Å². The number of fused-ring (bicyclic) bond motifs is 1. The number of thiazole rings is 1. The van der Waals surface area contributed by atoms with E-state index < -0.39 is 0 Å². The second-order valence-corrected chi connectivity index (χ2v) is 7.77. The van der Waals surface area contributed by atoms with Gasteiger partial charge in [-0.25, -0.2) is 4.98 Å². The number of rotatable bonds is 6. The molecular weight excluding hydrogens is 368 g/mol. The van der Waals surface area contributed by atoms with Gasteiger partial charge in [-0.15, -0.1) is 11.3 Å². The van der Waals surface area contributed by atoms with Crippen LogP contribution in [0.3, 0.4) is 0 Å². The molecule has 1 unspecified atom stereocenters. The number of nitrogens with one attached hydrogen (secondary N) is 1. The number of unbranched alkanes of at least 4 members (excludes halogenated alkanes) is 1. The molecule has 124 valence electrons. The average molecular weight is 391 g/mol. The number of ether oxygens (including phenoxy) is 2. The second kappa shape index (κ2) is 7.23. The highest BCUT2D eigenvalue weighted by Crippen LogP contribution is 2.45. The fourth-order valence-corrected chi connectivity index (χ4v) is 4.61. The Morgan fingerprint density at radius 1 is 1.59 bits per heavy atom. The van der Waals surface area contributed by atoms with Gasteiger partial charge in [0, 0.05) is 17.9 Å². The summed E-state index contributed by atoms with van der Waals surface area (Å²) in [6, 6.07) is 0. The Morgan fingerprint density at radius 3 is 3.18 bits per heavy atom. The molecule has 0 saturated carbocycles. The highest BCUT2D eigenvalue weighted by atomic mass is 79.9. The molecule has 2 aliphatic rings. The van der Waals surface area contributed by atoms with E-state index in [1.165, 1.54) is 0 Å². The van der Waals surface area contributed by atoms with Gasteiger partial charge in [0.2, 0.25) is 0 Å². The van der Waals surface area contributed by atoms with Crippen molar-refractivity contribution in [3.63, 3.8) is 0 Å². The summed E-state index contributed by atoms with van der Waals surface area (Å²) >= 11 is 5.08. The van der Waals surface area contributed by atoms with Gasteiger partial charge in [0.1, 0.15) is 21.3 Å². The van der Waals surface area contributed by atoms with E-state index in [2.05, 4.69) is 40.2 Å². The van der Waals surface area contributed by atoms with Crippen LogP contribution in [-0.2, 0) is 19.9 Å². The third-order valence-electron chi connectivity index (χ3n) is 4.44. The van der Waals surface area contributed by atoms with Crippen LogP contribution in [0.2, 0.25) is 0 Å². The van der Waals surface area contributed by atoms with Crippen molar-refractivity contribution in [2.45, 2.75) is 50.9 Å². The lowest BCUT2D eigenvalue weighted by molar-refractivity contribution is -0.0603. The largest absolute Gasteiger partial charge is 0.379 e. The molecule has 3 heterocycles. The molecule has 1 N–H and O–H groups in total. The molecule has 0 aromatic carbocycles. The molecule has 0 aliphatic carbocycles. The lowest BCUT2D eigenvalue weighted by Gasteiger charge is -2.39. The fraction of sp³-hybridized carbons (Fsp3) is 0.800. The van der Waals surface area contributed by atoms with Crippen molar-refractivity contribution in [1.29, 1.82) is 0 Å². The van der Waals surface area contributed by atoms with Crippen molar-refractivity contribution in [3.8, 4) is 0 Å². The number of hydrogen-bond donors (Lipinski definition) is 1. The molecule has 0 radical (unpaired) electrons. The van der Waals surface area contributed by atoms with Crippen molar-refractivity contribution in [2.75, 3.05) is 19.8 Å². The van der Waals surface area contributed by atoms with Gasteiger partial charge >= 0.3 is 0 Å². The van der Waals surface area contributed by atoms with Crippen LogP contribution in [0.5, 0.6) is 0 Å². The van der Waals surface area contributed by atoms with Gasteiger partial charge in [-0.3, -0.25) is 4.84 Å². The van der Waals surface area contributed by atoms with Crippen molar-refractivity contribution in [2.24, 2.45) is 5.92 Å². The van der Waals surface area contributed by atoms with Crippen molar-refractivity contribution >= 4 is 27.3 Å². The number of halogens is 1. The molecule has 4 atom stereocenters. The fourth-order valence-electron chi connectivity index (χ4n) is 3.16. The molecule has 0 bridgehead atoms. The predicted molar refractivity (Wildman–Crippen MR) is 88.7 cm³/mol. The minimum absolute atomic E-state index is 0.0471. The van der Waals surface area contributed by atoms with Gasteiger partial charge in [-0.05, 0) is 35.7 Å². The highest BCUT2D eigenvalue weighted by molar-refractivity contribution is 9.10. The quantitative estimate of drug-likeness (QED) is 0.755. The van der Waals surface area contributed by atoms with Gasteiger partial charge in [-0.2, -0.15) is 5.48 Å². The van der Waals surface area contributed by atoms with E-state index in [4.69, 9.17) is 14.3 Å². The minimum atomic E-state index is -0.345. The minimum Gasteiger partial charge on any atom is -0.379 e. The number of hydrogen-bond acceptors (Lipinski definition) is 6. The Hall–Kier alpha value is -0.0500. The summed E-state index contributed by atoms with van der Waals surface area (Å²) in [5, 5.41) is 3.03. The predicted octanol–water partition coefficient (Wildman–Crippen LogP) is 3.25. The van der Waals surface area contributed by atoms with Crippen LogP contribution in [0.15, 0.2) is 9.98 Å². The van der Waals surface area contributed by atoms with Crippen LogP contribution in [-0.4, -0.2) is 37.0 Å². The monoisotopic (exact) mass is 390 g/mol. The number of hydroxylamine groups is 1. The Morgan fingerprint density at radius 2 is 2.45 bits per heavy atom. The summed E-state index contributed by atoms with van der Waals surface area (Å²) in [5.41, 5.74) is 2.89. The Bertz CT molecular complexity index is 501. The maximum Gasteiger partial charge on any atom is 0.123 e. The van der Waals surface area contributed by atoms with Crippen LogP contribution >= 0.6 is 27.3 Å². The van der Waals surface area contributed by atoms with Gasteiger partial charge in [0.25, 0.3) is 0 Å². The van der Waals surface area contributed by atoms with Crippen molar-refractivity contribution in [1.82, 2.24) is 10.5 Å².